The Morgan fingerprint density at radius 3 is 2.76 bits per heavy atom. The summed E-state index contributed by atoms with van der Waals surface area (Å²) in [6.07, 6.45) is 2.36. The quantitative estimate of drug-likeness (QED) is 0.455. The first-order chi connectivity index (χ1) is 14.0. The number of carbonyl (C=O) groups excluding carboxylic acids is 1. The lowest BCUT2D eigenvalue weighted by atomic mass is 10.2. The number of fused-ring (bicyclic) bond motifs is 1. The van der Waals surface area contributed by atoms with Crippen LogP contribution in [0.25, 0.3) is 5.69 Å². The highest BCUT2D eigenvalue weighted by Gasteiger charge is 2.29. The third kappa shape index (κ3) is 3.21. The number of aryl methyl sites for hydroxylation is 1. The predicted octanol–water partition coefficient (Wildman–Crippen LogP) is 3.80. The molecule has 1 aliphatic heterocycles. The molecule has 5 rings (SSSR count). The Morgan fingerprint density at radius 1 is 1.17 bits per heavy atom. The summed E-state index contributed by atoms with van der Waals surface area (Å²) in [4.78, 5) is 13.0. The van der Waals surface area contributed by atoms with E-state index >= 15 is 0 Å². The fourth-order valence-corrected chi connectivity index (χ4v) is 4.62. The summed E-state index contributed by atoms with van der Waals surface area (Å²) >= 11 is 1.45. The van der Waals surface area contributed by atoms with E-state index in [1.54, 1.807) is 0 Å². The molecule has 7 nitrogen and oxygen atoms in total. The maximum absolute atomic E-state index is 13.0. The van der Waals surface area contributed by atoms with Crippen molar-refractivity contribution in [2.75, 3.05) is 12.5 Å². The maximum atomic E-state index is 13.0. The molecule has 1 aliphatic carbocycles. The van der Waals surface area contributed by atoms with Crippen LogP contribution in [0.2, 0.25) is 0 Å². The second kappa shape index (κ2) is 6.95. The molecule has 0 amide bonds. The van der Waals surface area contributed by atoms with Crippen molar-refractivity contribution in [2.24, 2.45) is 7.05 Å². The van der Waals surface area contributed by atoms with Crippen LogP contribution in [0.3, 0.4) is 0 Å². The second-order valence-corrected chi connectivity index (χ2v) is 8.49. The van der Waals surface area contributed by atoms with E-state index in [1.807, 2.05) is 49.7 Å². The maximum Gasteiger partial charge on any atom is 0.231 e. The van der Waals surface area contributed by atoms with E-state index in [-0.39, 0.29) is 12.6 Å². The fraction of sp³-hybridized carbons (Fsp3) is 0.381. The van der Waals surface area contributed by atoms with Crippen LogP contribution in [0.1, 0.15) is 46.3 Å². The number of thioether (sulfide) groups is 1. The third-order valence-electron chi connectivity index (χ3n) is 5.49. The summed E-state index contributed by atoms with van der Waals surface area (Å²) < 4.78 is 15.0. The minimum atomic E-state index is 0.0889. The van der Waals surface area contributed by atoms with Crippen LogP contribution in [0, 0.1) is 13.8 Å². The zero-order chi connectivity index (χ0) is 20.1. The zero-order valence-corrected chi connectivity index (χ0v) is 17.5. The summed E-state index contributed by atoms with van der Waals surface area (Å²) in [5, 5.41) is 9.34. The molecule has 0 atom stereocenters. The SMILES string of the molecule is Cc1cc(C(=O)CSc2nnc(C3CC3)n2C)c(C)n1-c1ccc2c(c1)OCO2. The van der Waals surface area contributed by atoms with E-state index in [0.29, 0.717) is 11.7 Å². The van der Waals surface area contributed by atoms with E-state index in [0.717, 1.165) is 45.1 Å². The summed E-state index contributed by atoms with van der Waals surface area (Å²) in [5.41, 5.74) is 3.61. The second-order valence-electron chi connectivity index (χ2n) is 7.54. The summed E-state index contributed by atoms with van der Waals surface area (Å²) in [6, 6.07) is 7.79. The molecular formula is C21H22N4O3S. The van der Waals surface area contributed by atoms with Gasteiger partial charge < -0.3 is 18.6 Å². The largest absolute Gasteiger partial charge is 0.454 e. The molecule has 150 valence electrons. The lowest BCUT2D eigenvalue weighted by Gasteiger charge is -2.10. The zero-order valence-electron chi connectivity index (χ0n) is 16.6. The van der Waals surface area contributed by atoms with Crippen LogP contribution >= 0.6 is 11.8 Å². The third-order valence-corrected chi connectivity index (χ3v) is 6.51. The molecule has 0 unspecified atom stereocenters. The van der Waals surface area contributed by atoms with Gasteiger partial charge in [-0.25, -0.2) is 0 Å². The number of nitrogens with zero attached hydrogens (tertiary/aromatic N) is 4. The Hall–Kier alpha value is -2.74. The standard InChI is InChI=1S/C21H22N4O3S/c1-12-8-16(13(2)25(12)15-6-7-18-19(9-15)28-11-27-18)17(26)10-29-21-23-22-20(24(21)3)14-4-5-14/h6-9,14H,4-5,10-11H2,1-3H3. The van der Waals surface area contributed by atoms with Gasteiger partial charge >= 0.3 is 0 Å². The van der Waals surface area contributed by atoms with Crippen molar-refractivity contribution in [1.29, 1.82) is 0 Å². The molecule has 1 saturated carbocycles. The fourth-order valence-electron chi connectivity index (χ4n) is 3.82. The van der Waals surface area contributed by atoms with E-state index in [2.05, 4.69) is 14.8 Å². The van der Waals surface area contributed by atoms with E-state index in [1.165, 1.54) is 24.6 Å². The molecule has 0 spiro atoms. The van der Waals surface area contributed by atoms with Gasteiger partial charge in [-0.15, -0.1) is 10.2 Å². The van der Waals surface area contributed by atoms with Crippen LogP contribution in [-0.2, 0) is 7.05 Å². The average Bonchev–Trinajstić information content (AvgIpc) is 3.20. The van der Waals surface area contributed by atoms with Gasteiger partial charge in [-0.05, 0) is 44.9 Å². The number of carbonyl (C=O) groups is 1. The van der Waals surface area contributed by atoms with Gasteiger partial charge in [0.2, 0.25) is 6.79 Å². The van der Waals surface area contributed by atoms with Crippen molar-refractivity contribution in [3.63, 3.8) is 0 Å². The highest BCUT2D eigenvalue weighted by atomic mass is 32.2. The van der Waals surface area contributed by atoms with Crippen molar-refractivity contribution in [1.82, 2.24) is 19.3 Å². The van der Waals surface area contributed by atoms with E-state index < -0.39 is 0 Å². The molecule has 0 saturated heterocycles. The normalized spacial score (nSPS) is 15.1. The molecular weight excluding hydrogens is 388 g/mol. The Labute approximate surface area is 173 Å². The topological polar surface area (TPSA) is 71.2 Å². The smallest absolute Gasteiger partial charge is 0.231 e. The molecule has 3 heterocycles. The number of aromatic nitrogens is 4. The van der Waals surface area contributed by atoms with Crippen LogP contribution in [0.5, 0.6) is 11.5 Å². The van der Waals surface area contributed by atoms with Crippen LogP contribution in [0.15, 0.2) is 29.4 Å². The average molecular weight is 410 g/mol. The summed E-state index contributed by atoms with van der Waals surface area (Å²) in [6.45, 7) is 4.23. The molecule has 0 bridgehead atoms. The van der Waals surface area contributed by atoms with Crippen molar-refractivity contribution < 1.29 is 14.3 Å². The molecule has 2 aromatic heterocycles. The Bertz CT molecular complexity index is 1110. The van der Waals surface area contributed by atoms with Gasteiger partial charge in [-0.2, -0.15) is 0 Å². The molecule has 8 heteroatoms. The molecule has 0 N–H and O–H groups in total. The van der Waals surface area contributed by atoms with Crippen LogP contribution < -0.4 is 9.47 Å². The number of hydrogen-bond donors (Lipinski definition) is 0. The van der Waals surface area contributed by atoms with Gasteiger partial charge in [0.25, 0.3) is 0 Å². The molecule has 2 aliphatic rings. The van der Waals surface area contributed by atoms with Gasteiger partial charge in [0.05, 0.1) is 5.75 Å². The highest BCUT2D eigenvalue weighted by molar-refractivity contribution is 7.99. The van der Waals surface area contributed by atoms with E-state index in [4.69, 9.17) is 9.47 Å². The minimum absolute atomic E-state index is 0.0889. The molecule has 1 fully saturated rings. The van der Waals surface area contributed by atoms with Crippen LogP contribution in [0.4, 0.5) is 0 Å². The lowest BCUT2D eigenvalue weighted by molar-refractivity contribution is 0.102. The van der Waals surface area contributed by atoms with E-state index in [9.17, 15) is 4.79 Å². The Balaban J connectivity index is 1.36. The first-order valence-corrected chi connectivity index (χ1v) is 10.7. The Morgan fingerprint density at radius 2 is 1.97 bits per heavy atom. The van der Waals surface area contributed by atoms with Gasteiger partial charge in [-0.1, -0.05) is 11.8 Å². The first-order valence-electron chi connectivity index (χ1n) is 9.67. The number of benzene rings is 1. The van der Waals surface area contributed by atoms with Crippen molar-refractivity contribution >= 4 is 17.5 Å². The highest BCUT2D eigenvalue weighted by Crippen LogP contribution is 2.39. The number of hydrogen-bond acceptors (Lipinski definition) is 6. The van der Waals surface area contributed by atoms with Crippen LogP contribution in [-0.4, -0.2) is 37.7 Å². The minimum Gasteiger partial charge on any atom is -0.454 e. The summed E-state index contributed by atoms with van der Waals surface area (Å²) in [7, 11) is 1.98. The van der Waals surface area contributed by atoms with Crippen molar-refractivity contribution in [3.8, 4) is 17.2 Å². The monoisotopic (exact) mass is 410 g/mol. The lowest BCUT2D eigenvalue weighted by Crippen LogP contribution is -2.06. The van der Waals surface area contributed by atoms with Gasteiger partial charge in [-0.3, -0.25) is 4.79 Å². The number of rotatable bonds is 6. The molecule has 0 radical (unpaired) electrons. The molecule has 3 aromatic rings. The van der Waals surface area contributed by atoms with Gasteiger partial charge in [0.1, 0.15) is 5.82 Å². The first kappa shape index (κ1) is 18.3. The molecule has 1 aromatic carbocycles. The van der Waals surface area contributed by atoms with Crippen molar-refractivity contribution in [2.45, 2.75) is 37.8 Å². The number of Topliss-reactive ketones (excluding diaryl/α,β-unsaturated/α-hetero) is 1. The molecule has 29 heavy (non-hydrogen) atoms. The summed E-state index contributed by atoms with van der Waals surface area (Å²) in [5.74, 6) is 3.47. The van der Waals surface area contributed by atoms with Gasteiger partial charge in [0, 0.05) is 41.7 Å². The number of ketones is 1. The Kier molecular flexibility index (Phi) is 4.38. The van der Waals surface area contributed by atoms with Crippen molar-refractivity contribution in [3.05, 3.63) is 47.0 Å². The number of ether oxygens (including phenoxy) is 2. The van der Waals surface area contributed by atoms with Gasteiger partial charge in [0.15, 0.2) is 22.4 Å². The predicted molar refractivity (Wildman–Crippen MR) is 109 cm³/mol.